The second-order valence-corrected chi connectivity index (χ2v) is 6.92. The lowest BCUT2D eigenvalue weighted by Gasteiger charge is -2.29. The molecule has 2 amide bonds. The summed E-state index contributed by atoms with van der Waals surface area (Å²) in [6.07, 6.45) is 3.06. The number of piperidine rings is 1. The predicted octanol–water partition coefficient (Wildman–Crippen LogP) is 3.60. The number of halogens is 1. The van der Waals surface area contributed by atoms with Crippen LogP contribution in [0.15, 0.2) is 54.2 Å². The fourth-order valence-electron chi connectivity index (χ4n) is 3.77. The zero-order valence-electron chi connectivity index (χ0n) is 15.7. The van der Waals surface area contributed by atoms with Crippen LogP contribution in [0.5, 0.6) is 5.75 Å². The molecule has 0 N–H and O–H groups in total. The van der Waals surface area contributed by atoms with Crippen LogP contribution in [0, 0.1) is 5.82 Å². The first-order valence-corrected chi connectivity index (χ1v) is 9.38. The van der Waals surface area contributed by atoms with Gasteiger partial charge >= 0.3 is 0 Å². The molecular weight excluding hydrogens is 359 g/mol. The Labute approximate surface area is 163 Å². The van der Waals surface area contributed by atoms with Gasteiger partial charge in [-0.05, 0) is 61.2 Å². The van der Waals surface area contributed by atoms with E-state index in [0.717, 1.165) is 32.4 Å². The van der Waals surface area contributed by atoms with Gasteiger partial charge in [0.25, 0.3) is 11.8 Å². The van der Waals surface area contributed by atoms with Gasteiger partial charge in [0.1, 0.15) is 17.3 Å². The van der Waals surface area contributed by atoms with Crippen molar-refractivity contribution >= 4 is 23.1 Å². The summed E-state index contributed by atoms with van der Waals surface area (Å²) in [5, 5.41) is 0. The molecule has 0 spiro atoms. The van der Waals surface area contributed by atoms with E-state index in [1.165, 1.54) is 17.0 Å². The van der Waals surface area contributed by atoms with E-state index in [4.69, 9.17) is 4.74 Å². The summed E-state index contributed by atoms with van der Waals surface area (Å²) in [6, 6.07) is 12.5. The summed E-state index contributed by atoms with van der Waals surface area (Å²) in [5.41, 5.74) is 1.79. The maximum Gasteiger partial charge on any atom is 0.282 e. The van der Waals surface area contributed by atoms with Crippen LogP contribution in [0.3, 0.4) is 0 Å². The number of likely N-dealkylation sites (tertiary alicyclic amines) is 1. The van der Waals surface area contributed by atoms with Crippen molar-refractivity contribution in [1.82, 2.24) is 4.90 Å². The highest BCUT2D eigenvalue weighted by molar-refractivity contribution is 6.45. The monoisotopic (exact) mass is 380 g/mol. The number of carbonyl (C=O) groups excluding carboxylic acids is 2. The molecule has 28 heavy (non-hydrogen) atoms. The number of rotatable bonds is 4. The molecule has 0 radical (unpaired) electrons. The lowest BCUT2D eigenvalue weighted by Crippen LogP contribution is -2.37. The topological polar surface area (TPSA) is 49.9 Å². The average molecular weight is 380 g/mol. The number of amides is 2. The van der Waals surface area contributed by atoms with Crippen LogP contribution in [-0.4, -0.2) is 36.9 Å². The van der Waals surface area contributed by atoms with Gasteiger partial charge in [-0.1, -0.05) is 12.1 Å². The van der Waals surface area contributed by atoms with E-state index in [1.807, 2.05) is 4.90 Å². The molecular formula is C22H21FN2O3. The molecule has 144 valence electrons. The molecule has 0 unspecified atom stereocenters. The van der Waals surface area contributed by atoms with Gasteiger partial charge < -0.3 is 9.64 Å². The van der Waals surface area contributed by atoms with Gasteiger partial charge in [0, 0.05) is 13.1 Å². The van der Waals surface area contributed by atoms with E-state index >= 15 is 0 Å². The Hall–Kier alpha value is -3.15. The third-order valence-electron chi connectivity index (χ3n) is 5.20. The number of hydrogen-bond acceptors (Lipinski definition) is 4. The normalized spacial score (nSPS) is 17.5. The smallest absolute Gasteiger partial charge is 0.282 e. The molecule has 2 aliphatic rings. The van der Waals surface area contributed by atoms with E-state index in [0.29, 0.717) is 28.3 Å². The number of hydrogen-bond donors (Lipinski definition) is 0. The van der Waals surface area contributed by atoms with Gasteiger partial charge in [0.2, 0.25) is 0 Å². The first-order chi connectivity index (χ1) is 13.6. The van der Waals surface area contributed by atoms with Gasteiger partial charge in [0.15, 0.2) is 0 Å². The van der Waals surface area contributed by atoms with Crippen molar-refractivity contribution in [2.45, 2.75) is 19.3 Å². The Morgan fingerprint density at radius 2 is 1.50 bits per heavy atom. The molecule has 0 aliphatic carbocycles. The minimum atomic E-state index is -0.387. The quantitative estimate of drug-likeness (QED) is 0.761. The molecule has 0 saturated carbocycles. The number of ether oxygens (including phenoxy) is 1. The van der Waals surface area contributed by atoms with E-state index in [9.17, 15) is 14.0 Å². The van der Waals surface area contributed by atoms with Gasteiger partial charge in [-0.2, -0.15) is 0 Å². The summed E-state index contributed by atoms with van der Waals surface area (Å²) >= 11 is 0. The molecule has 6 heteroatoms. The highest BCUT2D eigenvalue weighted by atomic mass is 19.1. The summed E-state index contributed by atoms with van der Waals surface area (Å²) in [5.74, 6) is -0.461. The van der Waals surface area contributed by atoms with E-state index in [2.05, 4.69) is 0 Å². The molecule has 2 heterocycles. The van der Waals surface area contributed by atoms with Crippen LogP contribution < -0.4 is 9.64 Å². The molecule has 0 atom stereocenters. The van der Waals surface area contributed by atoms with Crippen molar-refractivity contribution in [3.63, 3.8) is 0 Å². The molecule has 2 aromatic rings. The van der Waals surface area contributed by atoms with Gasteiger partial charge in [0.05, 0.1) is 18.4 Å². The van der Waals surface area contributed by atoms with Crippen LogP contribution in [0.1, 0.15) is 24.8 Å². The molecule has 1 fully saturated rings. The third kappa shape index (κ3) is 3.15. The Balaban J connectivity index is 1.79. The molecule has 5 nitrogen and oxygen atoms in total. The standard InChI is InChI=1S/C22H21FN2O3/c1-28-18-11-9-17(10-12-18)25-21(26)19(15-5-7-16(23)8-6-15)20(22(25)27)24-13-3-2-4-14-24/h5-12H,2-4,13-14H2,1H3. The minimum absolute atomic E-state index is 0.336. The van der Waals surface area contributed by atoms with Crippen LogP contribution in [0.25, 0.3) is 5.57 Å². The van der Waals surface area contributed by atoms with Crippen molar-refractivity contribution in [3.05, 3.63) is 65.6 Å². The third-order valence-corrected chi connectivity index (χ3v) is 5.20. The van der Waals surface area contributed by atoms with Crippen LogP contribution >= 0.6 is 0 Å². The highest BCUT2D eigenvalue weighted by Crippen LogP contribution is 2.36. The lowest BCUT2D eigenvalue weighted by molar-refractivity contribution is -0.120. The van der Waals surface area contributed by atoms with Crippen molar-refractivity contribution in [2.75, 3.05) is 25.1 Å². The average Bonchev–Trinajstić information content (AvgIpc) is 2.99. The number of imide groups is 1. The number of methoxy groups -OCH3 is 1. The fourth-order valence-corrected chi connectivity index (χ4v) is 3.77. The first kappa shape index (κ1) is 18.2. The van der Waals surface area contributed by atoms with E-state index < -0.39 is 0 Å². The highest BCUT2D eigenvalue weighted by Gasteiger charge is 2.42. The molecule has 4 rings (SSSR count). The second kappa shape index (κ2) is 7.46. The number of carbonyl (C=O) groups is 2. The minimum Gasteiger partial charge on any atom is -0.497 e. The van der Waals surface area contributed by atoms with E-state index in [-0.39, 0.29) is 17.6 Å². The van der Waals surface area contributed by atoms with Gasteiger partial charge in [-0.25, -0.2) is 9.29 Å². The Morgan fingerprint density at radius 1 is 0.857 bits per heavy atom. The lowest BCUT2D eigenvalue weighted by atomic mass is 10.0. The van der Waals surface area contributed by atoms with Gasteiger partial charge in [-0.3, -0.25) is 9.59 Å². The molecule has 1 saturated heterocycles. The van der Waals surface area contributed by atoms with Crippen molar-refractivity contribution in [1.29, 1.82) is 0 Å². The first-order valence-electron chi connectivity index (χ1n) is 9.38. The Bertz CT molecular complexity index is 929. The molecule has 0 aromatic heterocycles. The number of benzene rings is 2. The summed E-state index contributed by atoms with van der Waals surface area (Å²) in [6.45, 7) is 1.46. The maximum atomic E-state index is 13.4. The summed E-state index contributed by atoms with van der Waals surface area (Å²) < 4.78 is 18.6. The summed E-state index contributed by atoms with van der Waals surface area (Å²) in [4.78, 5) is 29.8. The van der Waals surface area contributed by atoms with Crippen LogP contribution in [0.4, 0.5) is 10.1 Å². The molecule has 0 bridgehead atoms. The zero-order valence-corrected chi connectivity index (χ0v) is 15.7. The predicted molar refractivity (Wildman–Crippen MR) is 104 cm³/mol. The fraction of sp³-hybridized carbons (Fsp3) is 0.273. The Kier molecular flexibility index (Phi) is 4.86. The van der Waals surface area contributed by atoms with Crippen LogP contribution in [0.2, 0.25) is 0 Å². The zero-order chi connectivity index (χ0) is 19.7. The number of nitrogens with zero attached hydrogens (tertiary/aromatic N) is 2. The summed E-state index contributed by atoms with van der Waals surface area (Å²) in [7, 11) is 1.56. The van der Waals surface area contributed by atoms with E-state index in [1.54, 1.807) is 43.5 Å². The second-order valence-electron chi connectivity index (χ2n) is 6.92. The van der Waals surface area contributed by atoms with Crippen LogP contribution in [-0.2, 0) is 9.59 Å². The molecule has 2 aliphatic heterocycles. The van der Waals surface area contributed by atoms with Crippen molar-refractivity contribution < 1.29 is 18.7 Å². The largest absolute Gasteiger partial charge is 0.497 e. The Morgan fingerprint density at radius 3 is 2.11 bits per heavy atom. The van der Waals surface area contributed by atoms with Crippen molar-refractivity contribution in [3.8, 4) is 5.75 Å². The van der Waals surface area contributed by atoms with Crippen molar-refractivity contribution in [2.24, 2.45) is 0 Å². The SMILES string of the molecule is COc1ccc(N2C(=O)C(c3ccc(F)cc3)=C(N3CCCCC3)C2=O)cc1. The number of anilines is 1. The van der Waals surface area contributed by atoms with Gasteiger partial charge in [-0.15, -0.1) is 0 Å². The maximum absolute atomic E-state index is 13.4. The molecule has 2 aromatic carbocycles.